The van der Waals surface area contributed by atoms with Gasteiger partial charge in [0.1, 0.15) is 5.56 Å². The van der Waals surface area contributed by atoms with Crippen molar-refractivity contribution < 1.29 is 4.79 Å². The van der Waals surface area contributed by atoms with Crippen molar-refractivity contribution in [2.75, 3.05) is 0 Å². The SMILES string of the molecule is CC[C@@H](C)NC(=O)c1cnc2scc(C)n2c1=O. The third-order valence-electron chi connectivity index (χ3n) is 2.85. The van der Waals surface area contributed by atoms with E-state index in [0.717, 1.165) is 12.1 Å². The minimum absolute atomic E-state index is 0.0427. The zero-order chi connectivity index (χ0) is 13.3. The van der Waals surface area contributed by atoms with Crippen LogP contribution in [0, 0.1) is 6.92 Å². The van der Waals surface area contributed by atoms with E-state index in [-0.39, 0.29) is 23.1 Å². The van der Waals surface area contributed by atoms with Gasteiger partial charge in [-0.25, -0.2) is 4.98 Å². The number of thiazole rings is 1. The van der Waals surface area contributed by atoms with Crippen LogP contribution in [0.25, 0.3) is 4.96 Å². The molecule has 0 saturated carbocycles. The molecule has 0 fully saturated rings. The lowest BCUT2D eigenvalue weighted by Crippen LogP contribution is -2.36. The molecule has 6 heteroatoms. The van der Waals surface area contributed by atoms with E-state index >= 15 is 0 Å². The number of aryl methyl sites for hydroxylation is 1. The van der Waals surface area contributed by atoms with Crippen molar-refractivity contribution in [3.63, 3.8) is 0 Å². The number of carbonyl (C=O) groups excluding carboxylic acids is 1. The maximum atomic E-state index is 12.2. The normalized spacial score (nSPS) is 12.6. The van der Waals surface area contributed by atoms with Gasteiger partial charge in [-0.15, -0.1) is 11.3 Å². The van der Waals surface area contributed by atoms with E-state index in [1.54, 1.807) is 0 Å². The molecule has 2 aromatic heterocycles. The predicted octanol–water partition coefficient (Wildman–Crippen LogP) is 1.59. The van der Waals surface area contributed by atoms with Crippen molar-refractivity contribution in [2.45, 2.75) is 33.2 Å². The first-order valence-corrected chi connectivity index (χ1v) is 6.69. The second-order valence-corrected chi connectivity index (χ2v) is 5.09. The van der Waals surface area contributed by atoms with Crippen LogP contribution in [-0.2, 0) is 0 Å². The Labute approximate surface area is 108 Å². The highest BCUT2D eigenvalue weighted by atomic mass is 32.1. The molecule has 0 radical (unpaired) electrons. The summed E-state index contributed by atoms with van der Waals surface area (Å²) in [5.74, 6) is -0.359. The number of fused-ring (bicyclic) bond motifs is 1. The molecule has 96 valence electrons. The van der Waals surface area contributed by atoms with Gasteiger partial charge >= 0.3 is 0 Å². The minimum atomic E-state index is -0.359. The number of aromatic nitrogens is 2. The maximum Gasteiger partial charge on any atom is 0.271 e. The number of hydrogen-bond acceptors (Lipinski definition) is 4. The van der Waals surface area contributed by atoms with Gasteiger partial charge in [0, 0.05) is 23.3 Å². The van der Waals surface area contributed by atoms with Crippen molar-refractivity contribution >= 4 is 22.2 Å². The summed E-state index contributed by atoms with van der Waals surface area (Å²) in [6.45, 7) is 5.70. The van der Waals surface area contributed by atoms with Crippen LogP contribution in [0.15, 0.2) is 16.4 Å². The molecule has 2 aromatic rings. The molecule has 5 nitrogen and oxygen atoms in total. The van der Waals surface area contributed by atoms with Crippen molar-refractivity contribution in [2.24, 2.45) is 0 Å². The maximum absolute atomic E-state index is 12.2. The monoisotopic (exact) mass is 265 g/mol. The summed E-state index contributed by atoms with van der Waals surface area (Å²) < 4.78 is 1.47. The molecular formula is C12H15N3O2S. The van der Waals surface area contributed by atoms with Crippen LogP contribution >= 0.6 is 11.3 Å². The Morgan fingerprint density at radius 1 is 1.61 bits per heavy atom. The van der Waals surface area contributed by atoms with Gasteiger partial charge in [-0.05, 0) is 20.3 Å². The molecule has 1 atom stereocenters. The number of rotatable bonds is 3. The molecule has 0 saturated heterocycles. The van der Waals surface area contributed by atoms with Gasteiger partial charge in [-0.1, -0.05) is 6.92 Å². The minimum Gasteiger partial charge on any atom is -0.349 e. The van der Waals surface area contributed by atoms with Gasteiger partial charge in [-0.2, -0.15) is 0 Å². The van der Waals surface area contributed by atoms with Gasteiger partial charge in [0.15, 0.2) is 4.96 Å². The highest BCUT2D eigenvalue weighted by molar-refractivity contribution is 7.15. The molecule has 0 unspecified atom stereocenters. The fraction of sp³-hybridized carbons (Fsp3) is 0.417. The van der Waals surface area contributed by atoms with E-state index in [9.17, 15) is 9.59 Å². The first kappa shape index (κ1) is 12.8. The summed E-state index contributed by atoms with van der Waals surface area (Å²) in [5.41, 5.74) is 0.583. The summed E-state index contributed by atoms with van der Waals surface area (Å²) in [6.07, 6.45) is 2.17. The van der Waals surface area contributed by atoms with E-state index in [4.69, 9.17) is 0 Å². The highest BCUT2D eigenvalue weighted by Gasteiger charge is 2.16. The zero-order valence-electron chi connectivity index (χ0n) is 10.6. The first-order valence-electron chi connectivity index (χ1n) is 5.81. The van der Waals surface area contributed by atoms with Crippen LogP contribution in [0.2, 0.25) is 0 Å². The molecule has 0 bridgehead atoms. The number of nitrogens with zero attached hydrogens (tertiary/aromatic N) is 2. The zero-order valence-corrected chi connectivity index (χ0v) is 11.4. The standard InChI is InChI=1S/C12H15N3O2S/c1-4-7(2)14-10(16)9-5-13-12-15(11(9)17)8(3)6-18-12/h5-7H,4H2,1-3H3,(H,14,16)/t7-/m1/s1. The Kier molecular flexibility index (Phi) is 3.47. The molecule has 18 heavy (non-hydrogen) atoms. The van der Waals surface area contributed by atoms with Gasteiger partial charge in [0.2, 0.25) is 0 Å². The van der Waals surface area contributed by atoms with Gasteiger partial charge in [-0.3, -0.25) is 14.0 Å². The van der Waals surface area contributed by atoms with Crippen LogP contribution < -0.4 is 10.9 Å². The summed E-state index contributed by atoms with van der Waals surface area (Å²) in [5, 5.41) is 4.62. The molecule has 1 amide bonds. The molecule has 2 rings (SSSR count). The largest absolute Gasteiger partial charge is 0.349 e. The number of amides is 1. The lowest BCUT2D eigenvalue weighted by Gasteiger charge is -2.10. The van der Waals surface area contributed by atoms with Crippen LogP contribution in [-0.4, -0.2) is 21.3 Å². The average Bonchev–Trinajstić information content (AvgIpc) is 2.72. The third kappa shape index (κ3) is 2.15. The lowest BCUT2D eigenvalue weighted by atomic mass is 10.2. The second kappa shape index (κ2) is 4.89. The van der Waals surface area contributed by atoms with E-state index in [1.807, 2.05) is 26.2 Å². The summed E-state index contributed by atoms with van der Waals surface area (Å²) in [4.78, 5) is 28.9. The van der Waals surface area contributed by atoms with Gasteiger partial charge in [0.05, 0.1) is 0 Å². The Morgan fingerprint density at radius 3 is 3.00 bits per heavy atom. The molecule has 1 N–H and O–H groups in total. The van der Waals surface area contributed by atoms with Crippen molar-refractivity contribution in [3.8, 4) is 0 Å². The Morgan fingerprint density at radius 2 is 2.33 bits per heavy atom. The van der Waals surface area contributed by atoms with E-state index in [1.165, 1.54) is 21.9 Å². The van der Waals surface area contributed by atoms with Crippen LogP contribution in [0.1, 0.15) is 36.3 Å². The van der Waals surface area contributed by atoms with Crippen LogP contribution in [0.3, 0.4) is 0 Å². The summed E-state index contributed by atoms with van der Waals surface area (Å²) in [6, 6.07) is 0.0427. The second-order valence-electron chi connectivity index (χ2n) is 4.25. The van der Waals surface area contributed by atoms with Crippen LogP contribution in [0.4, 0.5) is 0 Å². The summed E-state index contributed by atoms with van der Waals surface area (Å²) >= 11 is 1.39. The Bertz CT molecular complexity index is 644. The Balaban J connectivity index is 2.46. The molecule has 0 aliphatic heterocycles. The topological polar surface area (TPSA) is 63.5 Å². The van der Waals surface area contributed by atoms with E-state index < -0.39 is 0 Å². The molecule has 0 aliphatic carbocycles. The van der Waals surface area contributed by atoms with Crippen molar-refractivity contribution in [3.05, 3.63) is 33.2 Å². The van der Waals surface area contributed by atoms with Crippen molar-refractivity contribution in [1.82, 2.24) is 14.7 Å². The quantitative estimate of drug-likeness (QED) is 0.916. The molecule has 0 aromatic carbocycles. The molecule has 2 heterocycles. The van der Waals surface area contributed by atoms with Crippen LogP contribution in [0.5, 0.6) is 0 Å². The fourth-order valence-electron chi connectivity index (χ4n) is 1.58. The molecule has 0 spiro atoms. The average molecular weight is 265 g/mol. The first-order chi connectivity index (χ1) is 8.54. The highest BCUT2D eigenvalue weighted by Crippen LogP contribution is 2.10. The number of hydrogen-bond donors (Lipinski definition) is 1. The van der Waals surface area contributed by atoms with Crippen molar-refractivity contribution in [1.29, 1.82) is 0 Å². The smallest absolute Gasteiger partial charge is 0.271 e. The number of nitrogens with one attached hydrogen (secondary N) is 1. The molecule has 0 aliphatic rings. The predicted molar refractivity (Wildman–Crippen MR) is 71.3 cm³/mol. The fourth-order valence-corrected chi connectivity index (χ4v) is 2.41. The Hall–Kier alpha value is -1.69. The summed E-state index contributed by atoms with van der Waals surface area (Å²) in [7, 11) is 0. The van der Waals surface area contributed by atoms with Gasteiger partial charge < -0.3 is 5.32 Å². The van der Waals surface area contributed by atoms with Gasteiger partial charge in [0.25, 0.3) is 11.5 Å². The van der Waals surface area contributed by atoms with E-state index in [0.29, 0.717) is 4.96 Å². The van der Waals surface area contributed by atoms with E-state index in [2.05, 4.69) is 10.3 Å². The third-order valence-corrected chi connectivity index (χ3v) is 3.81. The lowest BCUT2D eigenvalue weighted by molar-refractivity contribution is 0.0937. The number of carbonyl (C=O) groups is 1. The molecular weight excluding hydrogens is 250 g/mol.